The molecule has 98 valence electrons. The molecule has 0 saturated carbocycles. The van der Waals surface area contributed by atoms with Crippen LogP contribution in [0.5, 0.6) is 5.75 Å². The fourth-order valence-corrected chi connectivity index (χ4v) is 2.14. The molecule has 0 aliphatic rings. The third-order valence-electron chi connectivity index (χ3n) is 2.56. The number of phenolic OH excluding ortho intramolecular Hbond substituents is 1. The number of fused-ring (bicyclic) bond motifs is 3. The lowest BCUT2D eigenvalue weighted by atomic mass is 10.1. The van der Waals surface area contributed by atoms with Gasteiger partial charge in [0, 0.05) is 16.8 Å². The molecule has 2 aromatic heterocycles. The third-order valence-corrected chi connectivity index (χ3v) is 2.98. The van der Waals surface area contributed by atoms with Gasteiger partial charge in [-0.1, -0.05) is 37.0 Å². The van der Waals surface area contributed by atoms with E-state index in [1.54, 1.807) is 12.1 Å². The highest BCUT2D eigenvalue weighted by atomic mass is 35.5. The molecule has 2 heterocycles. The van der Waals surface area contributed by atoms with Crippen molar-refractivity contribution in [2.24, 2.45) is 0 Å². The molecule has 0 aliphatic heterocycles. The molecule has 0 atom stereocenters. The normalized spacial score (nSPS) is 10.3. The molecule has 0 unspecified atom stereocenters. The van der Waals surface area contributed by atoms with Gasteiger partial charge in [0.05, 0.1) is 5.52 Å². The number of aromatic hydroxyl groups is 1. The number of halogens is 2. The predicted octanol–water partition coefficient (Wildman–Crippen LogP) is 4.82. The van der Waals surface area contributed by atoms with E-state index in [-0.39, 0.29) is 5.75 Å². The Balaban J connectivity index is 0.000000637. The topological polar surface area (TPSA) is 46.0 Å². The first-order valence-electron chi connectivity index (χ1n) is 5.89. The summed E-state index contributed by atoms with van der Waals surface area (Å²) in [7, 11) is 0. The molecule has 0 spiro atoms. The second kappa shape index (κ2) is 5.59. The van der Waals surface area contributed by atoms with Crippen LogP contribution in [-0.4, -0.2) is 15.1 Å². The van der Waals surface area contributed by atoms with E-state index < -0.39 is 0 Å². The number of aromatic nitrogens is 2. The molecule has 0 saturated heterocycles. The Morgan fingerprint density at radius 1 is 0.895 bits per heavy atom. The molecule has 1 aromatic carbocycles. The van der Waals surface area contributed by atoms with Gasteiger partial charge in [-0.05, 0) is 24.3 Å². The molecule has 3 aromatic rings. The lowest BCUT2D eigenvalue weighted by Crippen LogP contribution is -1.86. The van der Waals surface area contributed by atoms with E-state index in [2.05, 4.69) is 9.97 Å². The molecule has 0 amide bonds. The first-order valence-corrected chi connectivity index (χ1v) is 6.65. The number of benzene rings is 1. The van der Waals surface area contributed by atoms with Crippen molar-refractivity contribution in [1.82, 2.24) is 9.97 Å². The maximum absolute atomic E-state index is 9.88. The average Bonchev–Trinajstić information content (AvgIpc) is 2.41. The van der Waals surface area contributed by atoms with E-state index in [0.29, 0.717) is 21.3 Å². The van der Waals surface area contributed by atoms with Gasteiger partial charge in [-0.25, -0.2) is 9.97 Å². The van der Waals surface area contributed by atoms with Gasteiger partial charge in [-0.3, -0.25) is 0 Å². The Morgan fingerprint density at radius 3 is 2.16 bits per heavy atom. The predicted molar refractivity (Wildman–Crippen MR) is 80.1 cm³/mol. The van der Waals surface area contributed by atoms with Gasteiger partial charge in [-0.2, -0.15) is 0 Å². The van der Waals surface area contributed by atoms with E-state index in [4.69, 9.17) is 23.2 Å². The highest BCUT2D eigenvalue weighted by molar-refractivity contribution is 6.30. The van der Waals surface area contributed by atoms with Crippen LogP contribution in [0.1, 0.15) is 13.8 Å². The fraction of sp³-hybridized carbons (Fsp3) is 0.143. The van der Waals surface area contributed by atoms with Gasteiger partial charge < -0.3 is 5.11 Å². The molecule has 3 nitrogen and oxygen atoms in total. The van der Waals surface area contributed by atoms with Crippen molar-refractivity contribution in [1.29, 1.82) is 0 Å². The summed E-state index contributed by atoms with van der Waals surface area (Å²) in [6, 6.07) is 8.57. The zero-order valence-electron chi connectivity index (χ0n) is 10.5. The molecule has 3 rings (SSSR count). The van der Waals surface area contributed by atoms with Gasteiger partial charge >= 0.3 is 0 Å². The van der Waals surface area contributed by atoms with Gasteiger partial charge in [0.25, 0.3) is 0 Å². The van der Waals surface area contributed by atoms with Crippen molar-refractivity contribution in [3.8, 4) is 5.75 Å². The summed E-state index contributed by atoms with van der Waals surface area (Å²) in [5.74, 6) is 0.0461. The molecule has 19 heavy (non-hydrogen) atoms. The molecule has 1 N–H and O–H groups in total. The Morgan fingerprint density at radius 2 is 1.47 bits per heavy atom. The summed E-state index contributed by atoms with van der Waals surface area (Å²) < 4.78 is 0. The van der Waals surface area contributed by atoms with Gasteiger partial charge in [0.1, 0.15) is 21.6 Å². The molecule has 0 bridgehead atoms. The molecule has 5 heteroatoms. The largest absolute Gasteiger partial charge is 0.506 e. The van der Waals surface area contributed by atoms with Crippen LogP contribution in [0, 0.1) is 0 Å². The fourth-order valence-electron chi connectivity index (χ4n) is 1.83. The lowest BCUT2D eigenvalue weighted by Gasteiger charge is -2.05. The van der Waals surface area contributed by atoms with Crippen LogP contribution >= 0.6 is 23.2 Å². The molecule has 0 aliphatic carbocycles. The van der Waals surface area contributed by atoms with Crippen LogP contribution in [0.25, 0.3) is 21.8 Å². The molecular weight excluding hydrogens is 283 g/mol. The maximum Gasteiger partial charge on any atom is 0.144 e. The van der Waals surface area contributed by atoms with Crippen molar-refractivity contribution in [2.75, 3.05) is 0 Å². The number of pyridine rings is 2. The van der Waals surface area contributed by atoms with Crippen LogP contribution in [0.3, 0.4) is 0 Å². The Kier molecular flexibility index (Phi) is 4.08. The summed E-state index contributed by atoms with van der Waals surface area (Å²) in [6.45, 7) is 4.00. The van der Waals surface area contributed by atoms with E-state index in [1.165, 1.54) is 6.07 Å². The van der Waals surface area contributed by atoms with E-state index in [1.807, 2.05) is 26.0 Å². The van der Waals surface area contributed by atoms with Crippen LogP contribution in [0.4, 0.5) is 0 Å². The zero-order chi connectivity index (χ0) is 14.0. The van der Waals surface area contributed by atoms with Crippen LogP contribution in [0.15, 0.2) is 30.3 Å². The lowest BCUT2D eigenvalue weighted by molar-refractivity contribution is 0.481. The molecule has 0 radical (unpaired) electrons. The number of hydrogen-bond donors (Lipinski definition) is 1. The van der Waals surface area contributed by atoms with Gasteiger partial charge in [0.15, 0.2) is 0 Å². The average molecular weight is 295 g/mol. The van der Waals surface area contributed by atoms with Crippen LogP contribution in [0.2, 0.25) is 10.3 Å². The summed E-state index contributed by atoms with van der Waals surface area (Å²) in [5.41, 5.74) is 1.10. The summed E-state index contributed by atoms with van der Waals surface area (Å²) in [5, 5.41) is 12.3. The van der Waals surface area contributed by atoms with Crippen molar-refractivity contribution >= 4 is 45.0 Å². The SMILES string of the molecule is CC.Oc1cc2nc(Cl)ccc2c2ccc(Cl)nc12. The highest BCUT2D eigenvalue weighted by Crippen LogP contribution is 2.32. The van der Waals surface area contributed by atoms with Crippen LogP contribution in [-0.2, 0) is 0 Å². The third kappa shape index (κ3) is 2.57. The number of hydrogen-bond acceptors (Lipinski definition) is 3. The van der Waals surface area contributed by atoms with Gasteiger partial charge in [-0.15, -0.1) is 0 Å². The van der Waals surface area contributed by atoms with E-state index in [9.17, 15) is 5.11 Å². The quantitative estimate of drug-likeness (QED) is 0.477. The number of rotatable bonds is 0. The standard InChI is InChI=1S/C12H6Cl2N2O.C2H6/c13-10-3-1-6-7-2-4-11(14)16-12(7)9(17)5-8(6)15-10;1-2/h1-5,17H;1-2H3. The first-order chi connectivity index (χ1) is 9.15. The van der Waals surface area contributed by atoms with Crippen molar-refractivity contribution < 1.29 is 5.11 Å². The van der Waals surface area contributed by atoms with Gasteiger partial charge in [0.2, 0.25) is 0 Å². The monoisotopic (exact) mass is 294 g/mol. The number of nitrogens with zero attached hydrogens (tertiary/aromatic N) is 2. The molecule has 0 fully saturated rings. The summed E-state index contributed by atoms with van der Waals surface area (Å²) >= 11 is 11.6. The van der Waals surface area contributed by atoms with Crippen molar-refractivity contribution in [3.63, 3.8) is 0 Å². The van der Waals surface area contributed by atoms with E-state index in [0.717, 1.165) is 10.8 Å². The second-order valence-corrected chi connectivity index (χ2v) is 4.40. The first kappa shape index (κ1) is 13.8. The molecular formula is C14H12Cl2N2O. The van der Waals surface area contributed by atoms with Crippen LogP contribution < -0.4 is 0 Å². The maximum atomic E-state index is 9.88. The Bertz CT molecular complexity index is 744. The highest BCUT2D eigenvalue weighted by Gasteiger charge is 2.08. The minimum Gasteiger partial charge on any atom is -0.506 e. The van der Waals surface area contributed by atoms with Crippen molar-refractivity contribution in [3.05, 3.63) is 40.6 Å². The second-order valence-electron chi connectivity index (χ2n) is 3.63. The summed E-state index contributed by atoms with van der Waals surface area (Å²) in [4.78, 5) is 8.26. The Labute approximate surface area is 120 Å². The van der Waals surface area contributed by atoms with E-state index >= 15 is 0 Å². The zero-order valence-corrected chi connectivity index (χ0v) is 12.0. The smallest absolute Gasteiger partial charge is 0.144 e. The number of phenols is 1. The Hall–Kier alpha value is -1.58. The minimum atomic E-state index is 0.0461. The minimum absolute atomic E-state index is 0.0461. The summed E-state index contributed by atoms with van der Waals surface area (Å²) in [6.07, 6.45) is 0. The van der Waals surface area contributed by atoms with Crippen molar-refractivity contribution in [2.45, 2.75) is 13.8 Å².